The number of pyridine rings is 1. The lowest BCUT2D eigenvalue weighted by Crippen LogP contribution is -2.25. The van der Waals surface area contributed by atoms with E-state index in [2.05, 4.69) is 10.3 Å². The van der Waals surface area contributed by atoms with Crippen LogP contribution in [-0.4, -0.2) is 17.4 Å². The zero-order valence-electron chi connectivity index (χ0n) is 12.6. The Morgan fingerprint density at radius 2 is 1.88 bits per heavy atom. The zero-order chi connectivity index (χ0) is 16.9. The van der Waals surface area contributed by atoms with Crippen LogP contribution in [0.5, 0.6) is 0 Å². The van der Waals surface area contributed by atoms with Gasteiger partial charge in [-0.3, -0.25) is 9.78 Å². The highest BCUT2D eigenvalue weighted by Crippen LogP contribution is 2.31. The Morgan fingerprint density at radius 3 is 2.62 bits per heavy atom. The van der Waals surface area contributed by atoms with E-state index in [0.717, 1.165) is 12.0 Å². The molecule has 0 spiro atoms. The first-order chi connectivity index (χ1) is 11.6. The second-order valence-corrected chi connectivity index (χ2v) is 5.99. The van der Waals surface area contributed by atoms with Crippen molar-refractivity contribution in [3.8, 4) is 11.3 Å². The molecular weight excluding hydrogens is 347 g/mol. The molecule has 0 radical (unpaired) electrons. The molecule has 0 saturated carbocycles. The largest absolute Gasteiger partial charge is 0.451 e. The second kappa shape index (κ2) is 7.51. The maximum atomic E-state index is 12.1. The van der Waals surface area contributed by atoms with E-state index in [9.17, 15) is 4.79 Å². The molecule has 0 aliphatic carbocycles. The minimum Gasteiger partial charge on any atom is -0.451 e. The van der Waals surface area contributed by atoms with Crippen LogP contribution in [-0.2, 0) is 6.42 Å². The van der Waals surface area contributed by atoms with Gasteiger partial charge in [0.15, 0.2) is 5.76 Å². The maximum absolute atomic E-state index is 12.1. The molecule has 1 aromatic carbocycles. The van der Waals surface area contributed by atoms with Crippen LogP contribution in [0.15, 0.2) is 59.3 Å². The zero-order valence-corrected chi connectivity index (χ0v) is 14.1. The van der Waals surface area contributed by atoms with Gasteiger partial charge in [0.2, 0.25) is 0 Å². The van der Waals surface area contributed by atoms with E-state index in [1.54, 1.807) is 42.7 Å². The molecule has 0 atom stereocenters. The third-order valence-electron chi connectivity index (χ3n) is 3.47. The SMILES string of the molecule is O=C(NCCc1ccncc1)c1ccc(-c2ccc(Cl)cc2Cl)o1. The monoisotopic (exact) mass is 360 g/mol. The normalized spacial score (nSPS) is 10.6. The quantitative estimate of drug-likeness (QED) is 0.721. The number of carbonyl (C=O) groups is 1. The summed E-state index contributed by atoms with van der Waals surface area (Å²) in [6.07, 6.45) is 4.18. The fourth-order valence-electron chi connectivity index (χ4n) is 2.25. The standard InChI is InChI=1S/C18H14Cl2N2O2/c19-13-1-2-14(15(20)11-13)16-3-4-17(24-16)18(23)22-10-7-12-5-8-21-9-6-12/h1-6,8-9,11H,7,10H2,(H,22,23). The molecular formula is C18H14Cl2N2O2. The lowest BCUT2D eigenvalue weighted by molar-refractivity contribution is 0.0927. The van der Waals surface area contributed by atoms with Crippen molar-refractivity contribution in [1.29, 1.82) is 0 Å². The minimum absolute atomic E-state index is 0.241. The van der Waals surface area contributed by atoms with Crippen LogP contribution in [0, 0.1) is 0 Å². The molecule has 0 fully saturated rings. The first-order valence-electron chi connectivity index (χ1n) is 7.36. The number of nitrogens with zero attached hydrogens (tertiary/aromatic N) is 1. The van der Waals surface area contributed by atoms with E-state index in [0.29, 0.717) is 27.9 Å². The summed E-state index contributed by atoms with van der Waals surface area (Å²) in [5.41, 5.74) is 1.80. The highest BCUT2D eigenvalue weighted by atomic mass is 35.5. The number of nitrogens with one attached hydrogen (secondary N) is 1. The van der Waals surface area contributed by atoms with Crippen LogP contribution >= 0.6 is 23.2 Å². The lowest BCUT2D eigenvalue weighted by atomic mass is 10.2. The van der Waals surface area contributed by atoms with E-state index in [1.807, 2.05) is 12.1 Å². The van der Waals surface area contributed by atoms with Crippen LogP contribution in [0.3, 0.4) is 0 Å². The summed E-state index contributed by atoms with van der Waals surface area (Å²) in [4.78, 5) is 16.1. The van der Waals surface area contributed by atoms with Crippen LogP contribution < -0.4 is 5.32 Å². The predicted molar refractivity (Wildman–Crippen MR) is 94.4 cm³/mol. The Bertz CT molecular complexity index is 847. The number of amides is 1. The van der Waals surface area contributed by atoms with Crippen molar-refractivity contribution in [2.75, 3.05) is 6.54 Å². The summed E-state index contributed by atoms with van der Waals surface area (Å²) in [6, 6.07) is 12.3. The molecule has 2 aromatic heterocycles. The number of halogens is 2. The Balaban J connectivity index is 1.63. The molecule has 122 valence electrons. The van der Waals surface area contributed by atoms with E-state index in [1.165, 1.54) is 0 Å². The van der Waals surface area contributed by atoms with E-state index in [-0.39, 0.29) is 11.7 Å². The van der Waals surface area contributed by atoms with Gasteiger partial charge in [0.25, 0.3) is 5.91 Å². The summed E-state index contributed by atoms with van der Waals surface area (Å²) in [5, 5.41) is 3.85. The number of hydrogen-bond donors (Lipinski definition) is 1. The molecule has 24 heavy (non-hydrogen) atoms. The highest BCUT2D eigenvalue weighted by Gasteiger charge is 2.13. The Hall–Kier alpha value is -2.30. The third kappa shape index (κ3) is 3.96. The summed E-state index contributed by atoms with van der Waals surface area (Å²) < 4.78 is 5.61. The summed E-state index contributed by atoms with van der Waals surface area (Å²) >= 11 is 12.0. The average molecular weight is 361 g/mol. The maximum Gasteiger partial charge on any atom is 0.287 e. The smallest absolute Gasteiger partial charge is 0.287 e. The van der Waals surface area contributed by atoms with Gasteiger partial charge in [0, 0.05) is 29.5 Å². The number of carbonyl (C=O) groups excluding carboxylic acids is 1. The third-order valence-corrected chi connectivity index (χ3v) is 4.02. The molecule has 0 aliphatic rings. The number of hydrogen-bond acceptors (Lipinski definition) is 3. The minimum atomic E-state index is -0.264. The van der Waals surface area contributed by atoms with Crippen molar-refractivity contribution in [2.45, 2.75) is 6.42 Å². The molecule has 6 heteroatoms. The van der Waals surface area contributed by atoms with Crippen LogP contribution in [0.1, 0.15) is 16.1 Å². The molecule has 1 N–H and O–H groups in total. The van der Waals surface area contributed by atoms with E-state index in [4.69, 9.17) is 27.6 Å². The molecule has 1 amide bonds. The predicted octanol–water partition coefficient (Wildman–Crippen LogP) is 4.62. The molecule has 0 unspecified atom stereocenters. The van der Waals surface area contributed by atoms with Gasteiger partial charge in [-0.05, 0) is 54.4 Å². The molecule has 4 nitrogen and oxygen atoms in total. The van der Waals surface area contributed by atoms with Crippen LogP contribution in [0.4, 0.5) is 0 Å². The topological polar surface area (TPSA) is 55.1 Å². The van der Waals surface area contributed by atoms with Crippen molar-refractivity contribution in [3.63, 3.8) is 0 Å². The summed E-state index contributed by atoms with van der Waals surface area (Å²) in [7, 11) is 0. The number of rotatable bonds is 5. The van der Waals surface area contributed by atoms with Crippen molar-refractivity contribution in [1.82, 2.24) is 10.3 Å². The first-order valence-corrected chi connectivity index (χ1v) is 8.11. The van der Waals surface area contributed by atoms with Gasteiger partial charge in [-0.25, -0.2) is 0 Å². The fourth-order valence-corrected chi connectivity index (χ4v) is 2.75. The van der Waals surface area contributed by atoms with E-state index >= 15 is 0 Å². The van der Waals surface area contributed by atoms with Gasteiger partial charge >= 0.3 is 0 Å². The van der Waals surface area contributed by atoms with Crippen molar-refractivity contribution >= 4 is 29.1 Å². The Kier molecular flexibility index (Phi) is 5.18. The van der Waals surface area contributed by atoms with Gasteiger partial charge in [-0.2, -0.15) is 0 Å². The second-order valence-electron chi connectivity index (χ2n) is 5.15. The van der Waals surface area contributed by atoms with E-state index < -0.39 is 0 Å². The summed E-state index contributed by atoms with van der Waals surface area (Å²) in [6.45, 7) is 0.514. The van der Waals surface area contributed by atoms with Crippen molar-refractivity contribution < 1.29 is 9.21 Å². The number of furan rings is 1. The number of aromatic nitrogens is 1. The molecule has 3 rings (SSSR count). The molecule has 0 saturated heterocycles. The Morgan fingerprint density at radius 1 is 1.08 bits per heavy atom. The highest BCUT2D eigenvalue weighted by molar-refractivity contribution is 6.36. The van der Waals surface area contributed by atoms with Crippen molar-refractivity contribution in [3.05, 3.63) is 76.2 Å². The van der Waals surface area contributed by atoms with Gasteiger partial charge in [-0.1, -0.05) is 23.2 Å². The summed E-state index contributed by atoms with van der Waals surface area (Å²) in [5.74, 6) is 0.502. The molecule has 3 aromatic rings. The van der Waals surface area contributed by atoms with Crippen LogP contribution in [0.25, 0.3) is 11.3 Å². The fraction of sp³-hybridized carbons (Fsp3) is 0.111. The van der Waals surface area contributed by atoms with Gasteiger partial charge in [0.1, 0.15) is 5.76 Å². The van der Waals surface area contributed by atoms with Crippen molar-refractivity contribution in [2.24, 2.45) is 0 Å². The first kappa shape index (κ1) is 16.6. The van der Waals surface area contributed by atoms with Crippen LogP contribution in [0.2, 0.25) is 10.0 Å². The lowest BCUT2D eigenvalue weighted by Gasteiger charge is -2.04. The average Bonchev–Trinajstić information content (AvgIpc) is 3.05. The molecule has 0 aliphatic heterocycles. The molecule has 2 heterocycles. The van der Waals surface area contributed by atoms with Gasteiger partial charge in [0.05, 0.1) is 5.02 Å². The van der Waals surface area contributed by atoms with Gasteiger partial charge < -0.3 is 9.73 Å². The molecule has 0 bridgehead atoms. The Labute approximate surface area is 149 Å². The number of benzene rings is 1. The van der Waals surface area contributed by atoms with Gasteiger partial charge in [-0.15, -0.1) is 0 Å².